The molecule has 1 aromatic carbocycles. The standard InChI is InChI=1S/C15H22BrNO3S/c1-11(2)21(18,19)8-7-20-15-6-3-12(9-14(15)16)10-17-13-4-5-13/h3,6,9,11,13,17H,4-5,7-8,10H2,1-2H3. The lowest BCUT2D eigenvalue weighted by molar-refractivity contribution is 0.338. The second-order valence-electron chi connectivity index (χ2n) is 5.68. The van der Waals surface area contributed by atoms with E-state index in [0.29, 0.717) is 11.8 Å². The highest BCUT2D eigenvalue weighted by Crippen LogP contribution is 2.27. The zero-order valence-electron chi connectivity index (χ0n) is 12.4. The molecule has 21 heavy (non-hydrogen) atoms. The van der Waals surface area contributed by atoms with E-state index >= 15 is 0 Å². The molecule has 0 radical (unpaired) electrons. The minimum absolute atomic E-state index is 0.0437. The van der Waals surface area contributed by atoms with Crippen LogP contribution in [-0.2, 0) is 16.4 Å². The summed E-state index contributed by atoms with van der Waals surface area (Å²) in [5.74, 6) is 0.728. The summed E-state index contributed by atoms with van der Waals surface area (Å²) in [6, 6.07) is 6.59. The maximum absolute atomic E-state index is 11.7. The lowest BCUT2D eigenvalue weighted by atomic mass is 10.2. The van der Waals surface area contributed by atoms with Crippen molar-refractivity contribution in [3.8, 4) is 5.75 Å². The molecule has 1 fully saturated rings. The smallest absolute Gasteiger partial charge is 0.155 e. The van der Waals surface area contributed by atoms with E-state index in [4.69, 9.17) is 4.74 Å². The molecule has 0 saturated heterocycles. The fourth-order valence-electron chi connectivity index (χ4n) is 1.82. The summed E-state index contributed by atoms with van der Waals surface area (Å²) < 4.78 is 29.9. The first-order valence-corrected chi connectivity index (χ1v) is 9.75. The summed E-state index contributed by atoms with van der Waals surface area (Å²) in [5.41, 5.74) is 1.19. The van der Waals surface area contributed by atoms with Crippen LogP contribution in [0.1, 0.15) is 32.3 Å². The number of rotatable bonds is 8. The molecule has 0 aromatic heterocycles. The molecule has 1 aromatic rings. The second kappa shape index (κ2) is 7.11. The normalized spacial score (nSPS) is 15.4. The molecule has 1 aliphatic rings. The van der Waals surface area contributed by atoms with Crippen LogP contribution >= 0.6 is 15.9 Å². The Balaban J connectivity index is 1.85. The molecule has 1 aliphatic carbocycles. The molecule has 118 valence electrons. The van der Waals surface area contributed by atoms with Gasteiger partial charge in [-0.3, -0.25) is 0 Å². The van der Waals surface area contributed by atoms with Gasteiger partial charge in [-0.15, -0.1) is 0 Å². The number of halogens is 1. The Morgan fingerprint density at radius 3 is 2.67 bits per heavy atom. The molecule has 0 amide bonds. The lowest BCUT2D eigenvalue weighted by Gasteiger charge is -2.11. The zero-order chi connectivity index (χ0) is 15.5. The van der Waals surface area contributed by atoms with Gasteiger partial charge in [-0.2, -0.15) is 0 Å². The van der Waals surface area contributed by atoms with Gasteiger partial charge in [0.25, 0.3) is 0 Å². The van der Waals surface area contributed by atoms with Crippen molar-refractivity contribution in [2.45, 2.75) is 44.5 Å². The highest BCUT2D eigenvalue weighted by Gasteiger charge is 2.20. The van der Waals surface area contributed by atoms with Gasteiger partial charge in [0.15, 0.2) is 9.84 Å². The molecule has 0 spiro atoms. The summed E-state index contributed by atoms with van der Waals surface area (Å²) in [6.45, 7) is 4.41. The van der Waals surface area contributed by atoms with Gasteiger partial charge >= 0.3 is 0 Å². The SMILES string of the molecule is CC(C)S(=O)(=O)CCOc1ccc(CNC2CC2)cc1Br. The Morgan fingerprint density at radius 1 is 1.38 bits per heavy atom. The number of hydrogen-bond donors (Lipinski definition) is 1. The number of hydrogen-bond acceptors (Lipinski definition) is 4. The largest absolute Gasteiger partial charge is 0.491 e. The van der Waals surface area contributed by atoms with Crippen LogP contribution in [0.4, 0.5) is 0 Å². The minimum atomic E-state index is -3.05. The molecule has 2 rings (SSSR count). The number of ether oxygens (including phenoxy) is 1. The fraction of sp³-hybridized carbons (Fsp3) is 0.600. The Bertz CT molecular complexity index is 583. The first-order chi connectivity index (χ1) is 9.88. The van der Waals surface area contributed by atoms with Gasteiger partial charge in [-0.05, 0) is 60.3 Å². The van der Waals surface area contributed by atoms with Gasteiger partial charge in [0.1, 0.15) is 12.4 Å². The molecule has 4 nitrogen and oxygen atoms in total. The third-order valence-electron chi connectivity index (χ3n) is 3.51. The van der Waals surface area contributed by atoms with Crippen molar-refractivity contribution in [1.82, 2.24) is 5.32 Å². The Morgan fingerprint density at radius 2 is 2.10 bits per heavy atom. The Labute approximate surface area is 135 Å². The molecule has 0 bridgehead atoms. The van der Waals surface area contributed by atoms with E-state index in [1.165, 1.54) is 18.4 Å². The molecule has 0 atom stereocenters. The number of nitrogens with one attached hydrogen (secondary N) is 1. The minimum Gasteiger partial charge on any atom is -0.491 e. The van der Waals surface area contributed by atoms with Gasteiger partial charge in [0, 0.05) is 12.6 Å². The predicted molar refractivity (Wildman–Crippen MR) is 88.4 cm³/mol. The van der Waals surface area contributed by atoms with E-state index in [2.05, 4.69) is 21.2 Å². The number of benzene rings is 1. The molecule has 1 saturated carbocycles. The van der Waals surface area contributed by atoms with E-state index in [0.717, 1.165) is 11.0 Å². The zero-order valence-corrected chi connectivity index (χ0v) is 14.8. The van der Waals surface area contributed by atoms with Crippen LogP contribution in [0.15, 0.2) is 22.7 Å². The first kappa shape index (κ1) is 16.8. The molecule has 6 heteroatoms. The molecule has 0 aliphatic heterocycles. The number of sulfone groups is 1. The topological polar surface area (TPSA) is 55.4 Å². The highest BCUT2D eigenvalue weighted by atomic mass is 79.9. The van der Waals surface area contributed by atoms with E-state index in [-0.39, 0.29) is 17.6 Å². The van der Waals surface area contributed by atoms with Crippen LogP contribution in [0.3, 0.4) is 0 Å². The fourth-order valence-corrected chi connectivity index (χ4v) is 3.15. The van der Waals surface area contributed by atoms with Crippen molar-refractivity contribution < 1.29 is 13.2 Å². The van der Waals surface area contributed by atoms with E-state index in [1.54, 1.807) is 13.8 Å². The van der Waals surface area contributed by atoms with Gasteiger partial charge in [0.05, 0.1) is 15.5 Å². The first-order valence-electron chi connectivity index (χ1n) is 7.24. The second-order valence-corrected chi connectivity index (χ2v) is 9.22. The summed E-state index contributed by atoms with van der Waals surface area (Å²) >= 11 is 3.48. The van der Waals surface area contributed by atoms with Crippen molar-refractivity contribution >= 4 is 25.8 Å². The quantitative estimate of drug-likeness (QED) is 0.758. The average Bonchev–Trinajstić information content (AvgIpc) is 3.22. The Hall–Kier alpha value is -0.590. The molecular formula is C15H22BrNO3S. The van der Waals surface area contributed by atoms with E-state index in [9.17, 15) is 8.42 Å². The van der Waals surface area contributed by atoms with E-state index < -0.39 is 9.84 Å². The summed E-state index contributed by atoms with van der Waals surface area (Å²) in [6.07, 6.45) is 2.54. The summed E-state index contributed by atoms with van der Waals surface area (Å²) in [7, 11) is -3.05. The lowest BCUT2D eigenvalue weighted by Crippen LogP contribution is -2.22. The van der Waals surface area contributed by atoms with E-state index in [1.807, 2.05) is 18.2 Å². The Kier molecular flexibility index (Phi) is 5.68. The molecule has 0 unspecified atom stereocenters. The van der Waals surface area contributed by atoms with Gasteiger partial charge in [-0.1, -0.05) is 6.07 Å². The van der Waals surface area contributed by atoms with Crippen LogP contribution < -0.4 is 10.1 Å². The van der Waals surface area contributed by atoms with Crippen molar-refractivity contribution in [3.05, 3.63) is 28.2 Å². The molecule has 1 N–H and O–H groups in total. The molecule has 0 heterocycles. The van der Waals surface area contributed by atoms with Gasteiger partial charge in [-0.25, -0.2) is 8.42 Å². The van der Waals surface area contributed by atoms with Crippen molar-refractivity contribution in [1.29, 1.82) is 0 Å². The van der Waals surface area contributed by atoms with Gasteiger partial charge in [0.2, 0.25) is 0 Å². The molecular weight excluding hydrogens is 354 g/mol. The van der Waals surface area contributed by atoms with Crippen LogP contribution in [0.5, 0.6) is 5.75 Å². The van der Waals surface area contributed by atoms with Gasteiger partial charge < -0.3 is 10.1 Å². The van der Waals surface area contributed by atoms with Crippen molar-refractivity contribution in [2.24, 2.45) is 0 Å². The van der Waals surface area contributed by atoms with Crippen molar-refractivity contribution in [2.75, 3.05) is 12.4 Å². The summed E-state index contributed by atoms with van der Waals surface area (Å²) in [4.78, 5) is 0. The van der Waals surface area contributed by atoms with Crippen LogP contribution in [0.25, 0.3) is 0 Å². The highest BCUT2D eigenvalue weighted by molar-refractivity contribution is 9.10. The monoisotopic (exact) mass is 375 g/mol. The average molecular weight is 376 g/mol. The maximum atomic E-state index is 11.7. The van der Waals surface area contributed by atoms with Crippen LogP contribution in [-0.4, -0.2) is 32.1 Å². The van der Waals surface area contributed by atoms with Crippen molar-refractivity contribution in [3.63, 3.8) is 0 Å². The van der Waals surface area contributed by atoms with Crippen LogP contribution in [0, 0.1) is 0 Å². The summed E-state index contributed by atoms with van der Waals surface area (Å²) in [5, 5.41) is 3.09. The van der Waals surface area contributed by atoms with Crippen LogP contribution in [0.2, 0.25) is 0 Å². The third kappa shape index (κ3) is 5.27. The maximum Gasteiger partial charge on any atom is 0.155 e. The third-order valence-corrected chi connectivity index (χ3v) is 6.30. The predicted octanol–water partition coefficient (Wildman–Crippen LogP) is 2.90.